The van der Waals surface area contributed by atoms with Crippen molar-refractivity contribution >= 4 is 32.7 Å². The Labute approximate surface area is 237 Å². The van der Waals surface area contributed by atoms with Crippen molar-refractivity contribution in [2.24, 2.45) is 0 Å². The lowest BCUT2D eigenvalue weighted by Crippen LogP contribution is -2.03. The molecule has 2 heterocycles. The van der Waals surface area contributed by atoms with Gasteiger partial charge in [0.15, 0.2) is 0 Å². The molecule has 2 nitrogen and oxygen atoms in total. The minimum atomic E-state index is 1.01. The average molecular weight is 521 g/mol. The molecule has 2 heteroatoms. The van der Waals surface area contributed by atoms with Crippen molar-refractivity contribution in [1.82, 2.24) is 9.55 Å². The summed E-state index contributed by atoms with van der Waals surface area (Å²) < 4.78 is 2.45. The second-order valence-corrected chi connectivity index (χ2v) is 10.7. The lowest BCUT2D eigenvalue weighted by Gasteiger charge is -2.26. The van der Waals surface area contributed by atoms with E-state index in [4.69, 9.17) is 4.98 Å². The number of pyridine rings is 1. The second kappa shape index (κ2) is 8.51. The van der Waals surface area contributed by atoms with Crippen LogP contribution in [0.2, 0.25) is 0 Å². The van der Waals surface area contributed by atoms with Crippen LogP contribution in [0.5, 0.6) is 0 Å². The van der Waals surface area contributed by atoms with E-state index in [-0.39, 0.29) is 0 Å². The molecule has 190 valence electrons. The molecule has 0 amide bonds. The van der Waals surface area contributed by atoms with E-state index in [1.54, 1.807) is 0 Å². The SMILES string of the molecule is c1ccc2c(c1)-c1cccc(-n3c4ccccc4c4ccccc43)c1-c1ccccc1-c1c-2ccc2ncccc12. The molecule has 2 aromatic heterocycles. The molecular weight excluding hydrogens is 496 g/mol. The molecule has 1 aliphatic carbocycles. The van der Waals surface area contributed by atoms with Gasteiger partial charge in [-0.1, -0.05) is 109 Å². The van der Waals surface area contributed by atoms with Crippen molar-refractivity contribution in [3.05, 3.63) is 146 Å². The molecule has 0 aliphatic heterocycles. The summed E-state index contributed by atoms with van der Waals surface area (Å²) in [5.74, 6) is 0. The molecule has 0 N–H and O–H groups in total. The van der Waals surface area contributed by atoms with Crippen LogP contribution in [0.15, 0.2) is 146 Å². The van der Waals surface area contributed by atoms with E-state index in [1.165, 1.54) is 77.4 Å². The second-order valence-electron chi connectivity index (χ2n) is 10.7. The van der Waals surface area contributed by atoms with E-state index in [2.05, 4.69) is 138 Å². The maximum Gasteiger partial charge on any atom is 0.0708 e. The lowest BCUT2D eigenvalue weighted by atomic mass is 9.79. The van der Waals surface area contributed by atoms with Crippen molar-refractivity contribution in [1.29, 1.82) is 0 Å². The highest BCUT2D eigenvalue weighted by molar-refractivity contribution is 6.14. The van der Waals surface area contributed by atoms with Crippen LogP contribution in [0, 0.1) is 0 Å². The molecule has 0 fully saturated rings. The zero-order chi connectivity index (χ0) is 26.9. The summed E-state index contributed by atoms with van der Waals surface area (Å²) in [7, 11) is 0. The molecule has 1 aliphatic rings. The van der Waals surface area contributed by atoms with Gasteiger partial charge in [0.25, 0.3) is 0 Å². The molecule has 0 saturated carbocycles. The summed E-state index contributed by atoms with van der Waals surface area (Å²) in [6.07, 6.45) is 1.88. The number of hydrogen-bond acceptors (Lipinski definition) is 1. The van der Waals surface area contributed by atoms with E-state index in [0.29, 0.717) is 0 Å². The zero-order valence-electron chi connectivity index (χ0n) is 22.3. The van der Waals surface area contributed by atoms with Crippen molar-refractivity contribution < 1.29 is 0 Å². The molecule has 6 aromatic carbocycles. The summed E-state index contributed by atoms with van der Waals surface area (Å²) in [5.41, 5.74) is 14.5. The standard InChI is InChI=1S/C39H24N2/c1-2-12-26-25(11-1)29-17-9-21-37(41-35-19-7-5-13-27(35)28-14-6-8-20-36(28)41)39(29)31-16-4-3-15-30(31)38-32(26)22-23-34-33(38)18-10-24-40-34/h1-24H. The third kappa shape index (κ3) is 3.10. The van der Waals surface area contributed by atoms with Crippen molar-refractivity contribution in [2.75, 3.05) is 0 Å². The van der Waals surface area contributed by atoms with Crippen LogP contribution < -0.4 is 0 Å². The first-order chi connectivity index (χ1) is 20.4. The predicted molar refractivity (Wildman–Crippen MR) is 171 cm³/mol. The summed E-state index contributed by atoms with van der Waals surface area (Å²) in [6, 6.07) is 50.7. The van der Waals surface area contributed by atoms with Gasteiger partial charge >= 0.3 is 0 Å². The normalized spacial score (nSPS) is 11.9. The first-order valence-corrected chi connectivity index (χ1v) is 14.1. The number of rotatable bonds is 1. The van der Waals surface area contributed by atoms with E-state index in [1.807, 2.05) is 12.3 Å². The fourth-order valence-corrected chi connectivity index (χ4v) is 6.96. The Morgan fingerprint density at radius 3 is 1.61 bits per heavy atom. The van der Waals surface area contributed by atoms with Gasteiger partial charge in [0.05, 0.1) is 22.2 Å². The molecule has 41 heavy (non-hydrogen) atoms. The molecule has 9 rings (SSSR count). The van der Waals surface area contributed by atoms with E-state index >= 15 is 0 Å². The van der Waals surface area contributed by atoms with Gasteiger partial charge in [-0.2, -0.15) is 0 Å². The first kappa shape index (κ1) is 22.4. The first-order valence-electron chi connectivity index (χ1n) is 14.1. The van der Waals surface area contributed by atoms with Crippen LogP contribution in [0.25, 0.3) is 82.9 Å². The Balaban J connectivity index is 1.50. The highest BCUT2D eigenvalue weighted by Crippen LogP contribution is 2.51. The third-order valence-corrected chi connectivity index (χ3v) is 8.62. The van der Waals surface area contributed by atoms with Crippen LogP contribution >= 0.6 is 0 Å². The summed E-state index contributed by atoms with van der Waals surface area (Å²) >= 11 is 0. The quantitative estimate of drug-likeness (QED) is 0.210. The molecule has 0 saturated heterocycles. The Kier molecular flexibility index (Phi) is 4.64. The van der Waals surface area contributed by atoms with E-state index in [0.717, 1.165) is 5.52 Å². The summed E-state index contributed by atoms with van der Waals surface area (Å²) in [5, 5.41) is 3.70. The van der Waals surface area contributed by atoms with Gasteiger partial charge in [-0.25, -0.2) is 0 Å². The van der Waals surface area contributed by atoms with Crippen LogP contribution in [0.1, 0.15) is 0 Å². The predicted octanol–water partition coefficient (Wildman–Crippen LogP) is 10.3. The molecule has 0 radical (unpaired) electrons. The van der Waals surface area contributed by atoms with Crippen LogP contribution in [-0.4, -0.2) is 9.55 Å². The van der Waals surface area contributed by atoms with Gasteiger partial charge in [0, 0.05) is 27.9 Å². The maximum absolute atomic E-state index is 4.74. The fraction of sp³-hybridized carbons (Fsp3) is 0. The van der Waals surface area contributed by atoms with Gasteiger partial charge in [-0.3, -0.25) is 4.98 Å². The summed E-state index contributed by atoms with van der Waals surface area (Å²) in [4.78, 5) is 4.74. The molecule has 0 atom stereocenters. The molecule has 0 unspecified atom stereocenters. The summed E-state index contributed by atoms with van der Waals surface area (Å²) in [6.45, 7) is 0. The maximum atomic E-state index is 4.74. The lowest BCUT2D eigenvalue weighted by molar-refractivity contribution is 1.18. The van der Waals surface area contributed by atoms with Crippen molar-refractivity contribution in [2.45, 2.75) is 0 Å². The van der Waals surface area contributed by atoms with E-state index < -0.39 is 0 Å². The van der Waals surface area contributed by atoms with Crippen molar-refractivity contribution in [3.8, 4) is 50.2 Å². The Bertz CT molecular complexity index is 2270. The number of para-hydroxylation sites is 2. The zero-order valence-corrected chi connectivity index (χ0v) is 22.3. The number of benzene rings is 6. The van der Waals surface area contributed by atoms with Gasteiger partial charge in [-0.15, -0.1) is 0 Å². The Morgan fingerprint density at radius 2 is 0.902 bits per heavy atom. The van der Waals surface area contributed by atoms with Gasteiger partial charge < -0.3 is 4.57 Å². The highest BCUT2D eigenvalue weighted by atomic mass is 15.0. The highest BCUT2D eigenvalue weighted by Gasteiger charge is 2.26. The van der Waals surface area contributed by atoms with Gasteiger partial charge in [0.2, 0.25) is 0 Å². The molecular formula is C39H24N2. The molecule has 0 spiro atoms. The largest absolute Gasteiger partial charge is 0.309 e. The number of hydrogen-bond donors (Lipinski definition) is 0. The van der Waals surface area contributed by atoms with Crippen LogP contribution in [0.4, 0.5) is 0 Å². The fourth-order valence-electron chi connectivity index (χ4n) is 6.96. The van der Waals surface area contributed by atoms with Gasteiger partial charge in [0.1, 0.15) is 0 Å². The van der Waals surface area contributed by atoms with Crippen LogP contribution in [-0.2, 0) is 0 Å². The Hall–Kier alpha value is -5.47. The Morgan fingerprint density at radius 1 is 0.366 bits per heavy atom. The van der Waals surface area contributed by atoms with Crippen LogP contribution in [0.3, 0.4) is 0 Å². The molecule has 8 aromatic rings. The minimum Gasteiger partial charge on any atom is -0.309 e. The number of nitrogens with zero attached hydrogens (tertiary/aromatic N) is 2. The van der Waals surface area contributed by atoms with E-state index in [9.17, 15) is 0 Å². The molecule has 0 bridgehead atoms. The minimum absolute atomic E-state index is 1.01. The number of fused-ring (bicyclic) bond motifs is 13. The monoisotopic (exact) mass is 520 g/mol. The smallest absolute Gasteiger partial charge is 0.0708 e. The average Bonchev–Trinajstić information content (AvgIpc) is 3.37. The number of aromatic nitrogens is 2. The topological polar surface area (TPSA) is 17.8 Å². The third-order valence-electron chi connectivity index (χ3n) is 8.62. The van der Waals surface area contributed by atoms with Crippen molar-refractivity contribution in [3.63, 3.8) is 0 Å². The van der Waals surface area contributed by atoms with Gasteiger partial charge in [-0.05, 0) is 69.3 Å².